The van der Waals surface area contributed by atoms with Gasteiger partial charge in [0.1, 0.15) is 0 Å². The van der Waals surface area contributed by atoms with E-state index in [-0.39, 0.29) is 43.8 Å². The molecule has 0 unspecified atom stereocenters. The lowest BCUT2D eigenvalue weighted by atomic mass is 10.0. The summed E-state index contributed by atoms with van der Waals surface area (Å²) in [5.41, 5.74) is 3.61. The van der Waals surface area contributed by atoms with Gasteiger partial charge in [0.25, 0.3) is 0 Å². The van der Waals surface area contributed by atoms with E-state index >= 15 is 0 Å². The van der Waals surface area contributed by atoms with E-state index in [0.29, 0.717) is 87.5 Å². The number of aryl methyl sites for hydroxylation is 1. The molecule has 5 amide bonds. The van der Waals surface area contributed by atoms with Crippen LogP contribution in [0.3, 0.4) is 0 Å². The van der Waals surface area contributed by atoms with Crippen molar-refractivity contribution in [3.8, 4) is 11.5 Å². The number of aliphatic hydroxyl groups is 1. The average molecular weight is 774 g/mol. The average Bonchev–Trinajstić information content (AvgIpc) is 3.21. The molecule has 2 saturated heterocycles. The van der Waals surface area contributed by atoms with E-state index in [2.05, 4.69) is 25.8 Å². The van der Waals surface area contributed by atoms with E-state index in [1.165, 1.54) is 14.2 Å². The van der Waals surface area contributed by atoms with Gasteiger partial charge in [-0.1, -0.05) is 36.4 Å². The molecule has 302 valence electrons. The number of morpholine rings is 1. The highest BCUT2D eigenvalue weighted by Crippen LogP contribution is 2.31. The number of anilines is 2. The van der Waals surface area contributed by atoms with Crippen LogP contribution in [0.2, 0.25) is 0 Å². The third-order valence-corrected chi connectivity index (χ3v) is 10.1. The number of benzene rings is 3. The molecule has 2 heterocycles. The Balaban J connectivity index is 1.26. The number of para-hydroxylation sites is 1. The van der Waals surface area contributed by atoms with Gasteiger partial charge in [0.2, 0.25) is 17.7 Å². The Morgan fingerprint density at radius 1 is 0.839 bits per heavy atom. The number of β-amino-alcohol motifs (C(OH)–C–C–N with tert-alkyl or cyclic N) is 1. The Morgan fingerprint density at radius 3 is 2.21 bits per heavy atom. The van der Waals surface area contributed by atoms with Crippen molar-refractivity contribution in [3.63, 3.8) is 0 Å². The molecule has 4 N–H and O–H groups in total. The molecular weight excluding hydrogens is 718 g/mol. The van der Waals surface area contributed by atoms with Gasteiger partial charge in [-0.25, -0.2) is 4.79 Å². The zero-order valence-corrected chi connectivity index (χ0v) is 32.6. The highest BCUT2D eigenvalue weighted by Gasteiger charge is 2.28. The van der Waals surface area contributed by atoms with Gasteiger partial charge in [-0.2, -0.15) is 0 Å². The van der Waals surface area contributed by atoms with Crippen LogP contribution < -0.4 is 25.4 Å². The predicted molar refractivity (Wildman–Crippen MR) is 213 cm³/mol. The number of urea groups is 1. The first-order valence-electron chi connectivity index (χ1n) is 19.1. The van der Waals surface area contributed by atoms with Gasteiger partial charge in [0, 0.05) is 70.3 Å². The van der Waals surface area contributed by atoms with E-state index in [0.717, 1.165) is 24.2 Å². The minimum atomic E-state index is -0.704. The molecular formula is C41H55N7O8. The van der Waals surface area contributed by atoms with E-state index in [1.54, 1.807) is 52.3 Å². The summed E-state index contributed by atoms with van der Waals surface area (Å²) in [5, 5.41) is 18.0. The minimum Gasteiger partial charge on any atom is -0.493 e. The topological polar surface area (TPSA) is 165 Å². The van der Waals surface area contributed by atoms with Crippen molar-refractivity contribution >= 4 is 35.1 Å². The number of carbonyl (C=O) groups excluding carboxylic acids is 4. The quantitative estimate of drug-likeness (QED) is 0.160. The second-order valence-electron chi connectivity index (χ2n) is 13.9. The summed E-state index contributed by atoms with van der Waals surface area (Å²) in [5.74, 6) is 0.233. The first-order valence-corrected chi connectivity index (χ1v) is 19.1. The van der Waals surface area contributed by atoms with E-state index < -0.39 is 11.9 Å². The zero-order chi connectivity index (χ0) is 39.9. The van der Waals surface area contributed by atoms with Crippen LogP contribution >= 0.6 is 0 Å². The fraction of sp³-hybridized carbons (Fsp3) is 0.463. The Morgan fingerprint density at radius 2 is 1.54 bits per heavy atom. The minimum absolute atomic E-state index is 0.00626. The van der Waals surface area contributed by atoms with Crippen LogP contribution in [0.25, 0.3) is 0 Å². The van der Waals surface area contributed by atoms with Gasteiger partial charge in [0.05, 0.1) is 59.5 Å². The molecule has 2 aliphatic rings. The second-order valence-corrected chi connectivity index (χ2v) is 13.9. The number of hydrogen-bond donors (Lipinski definition) is 4. The van der Waals surface area contributed by atoms with Gasteiger partial charge in [-0.15, -0.1) is 0 Å². The van der Waals surface area contributed by atoms with Gasteiger partial charge in [-0.05, 0) is 53.9 Å². The van der Waals surface area contributed by atoms with Gasteiger partial charge < -0.3 is 45.1 Å². The number of carbonyl (C=O) groups is 4. The summed E-state index contributed by atoms with van der Waals surface area (Å²) < 4.78 is 16.5. The summed E-state index contributed by atoms with van der Waals surface area (Å²) in [7, 11) is 3.06. The SMILES string of the molecule is COc1ccc([C@H](CC(=O)N2CCN(CCO)CC2)NC(=O)CN(CCN2CCOCC2)C(=O)Cc2ccc(NC(=O)Nc3ccccc3C)cc2)cc1OC. The van der Waals surface area contributed by atoms with Crippen molar-refractivity contribution in [2.45, 2.75) is 25.8 Å². The largest absolute Gasteiger partial charge is 0.493 e. The van der Waals surface area contributed by atoms with Crippen LogP contribution in [0.4, 0.5) is 16.2 Å². The molecule has 0 radical (unpaired) electrons. The Labute approximate surface area is 328 Å². The van der Waals surface area contributed by atoms with Crippen LogP contribution in [0.5, 0.6) is 11.5 Å². The van der Waals surface area contributed by atoms with Crippen molar-refractivity contribution in [1.82, 2.24) is 24.9 Å². The van der Waals surface area contributed by atoms with Crippen LogP contribution in [0, 0.1) is 6.92 Å². The number of ether oxygens (including phenoxy) is 3. The van der Waals surface area contributed by atoms with Crippen molar-refractivity contribution in [3.05, 3.63) is 83.4 Å². The molecule has 1 atom stereocenters. The summed E-state index contributed by atoms with van der Waals surface area (Å²) in [4.78, 5) is 61.7. The summed E-state index contributed by atoms with van der Waals surface area (Å²) in [6, 6.07) is 18.7. The van der Waals surface area contributed by atoms with Gasteiger partial charge >= 0.3 is 6.03 Å². The predicted octanol–water partition coefficient (Wildman–Crippen LogP) is 2.74. The van der Waals surface area contributed by atoms with Crippen molar-refractivity contribution < 1.29 is 38.5 Å². The normalized spacial score (nSPS) is 15.4. The molecule has 56 heavy (non-hydrogen) atoms. The fourth-order valence-corrected chi connectivity index (χ4v) is 6.77. The van der Waals surface area contributed by atoms with Gasteiger partial charge in [0.15, 0.2) is 11.5 Å². The molecule has 0 aliphatic carbocycles. The summed E-state index contributed by atoms with van der Waals surface area (Å²) >= 11 is 0. The molecule has 0 aromatic heterocycles. The molecule has 3 aromatic carbocycles. The summed E-state index contributed by atoms with van der Waals surface area (Å²) in [6.45, 7) is 8.25. The number of nitrogens with zero attached hydrogens (tertiary/aromatic N) is 4. The lowest BCUT2D eigenvalue weighted by Crippen LogP contribution is -2.50. The molecule has 15 nitrogen and oxygen atoms in total. The molecule has 2 fully saturated rings. The fourth-order valence-electron chi connectivity index (χ4n) is 6.77. The number of amides is 5. The van der Waals surface area contributed by atoms with Crippen LogP contribution in [-0.4, -0.2) is 148 Å². The van der Waals surface area contributed by atoms with Crippen molar-refractivity contribution in [2.75, 3.05) is 110 Å². The monoisotopic (exact) mass is 773 g/mol. The zero-order valence-electron chi connectivity index (χ0n) is 32.6. The van der Waals surface area contributed by atoms with Gasteiger partial charge in [-0.3, -0.25) is 24.2 Å². The third kappa shape index (κ3) is 12.4. The number of nitrogens with one attached hydrogen (secondary N) is 3. The number of methoxy groups -OCH3 is 2. The van der Waals surface area contributed by atoms with E-state index in [4.69, 9.17) is 14.2 Å². The summed E-state index contributed by atoms with van der Waals surface area (Å²) in [6.07, 6.45) is 0.0538. The van der Waals surface area contributed by atoms with E-state index in [1.807, 2.05) is 31.2 Å². The first kappa shape index (κ1) is 41.9. The molecule has 5 rings (SSSR count). The Kier molecular flexibility index (Phi) is 15.9. The molecule has 0 saturated carbocycles. The lowest BCUT2D eigenvalue weighted by Gasteiger charge is -2.35. The van der Waals surface area contributed by atoms with Crippen LogP contribution in [0.15, 0.2) is 66.7 Å². The molecule has 0 spiro atoms. The number of aliphatic hydroxyl groups excluding tert-OH is 1. The smallest absolute Gasteiger partial charge is 0.323 e. The molecule has 3 aromatic rings. The second kappa shape index (κ2) is 21.2. The van der Waals surface area contributed by atoms with Crippen molar-refractivity contribution in [2.24, 2.45) is 0 Å². The lowest BCUT2D eigenvalue weighted by molar-refractivity contribution is -0.137. The standard InChI is InChI=1S/C41H55N7O8/c1-30-6-4-5-7-34(30)44-41(53)42-33-11-8-31(9-12-33)26-39(51)48(19-16-46-21-24-56-25-22-46)29-38(50)43-35(32-10-13-36(54-2)37(27-32)55-3)28-40(52)47-17-14-45(15-18-47)20-23-49/h4-13,27,35,49H,14-26,28-29H2,1-3H3,(H,43,50)(H2,42,44,53)/t35-/m0/s1. The molecule has 15 heteroatoms. The Bertz CT molecular complexity index is 1760. The highest BCUT2D eigenvalue weighted by molar-refractivity contribution is 6.00. The van der Waals surface area contributed by atoms with Crippen molar-refractivity contribution in [1.29, 1.82) is 0 Å². The number of hydrogen-bond acceptors (Lipinski definition) is 10. The maximum atomic E-state index is 13.9. The van der Waals surface area contributed by atoms with Crippen LogP contribution in [-0.2, 0) is 25.5 Å². The third-order valence-electron chi connectivity index (χ3n) is 10.1. The Hall–Kier alpha value is -5.22. The maximum Gasteiger partial charge on any atom is 0.323 e. The molecule has 0 bridgehead atoms. The van der Waals surface area contributed by atoms with Crippen LogP contribution in [0.1, 0.15) is 29.2 Å². The number of piperazine rings is 1. The maximum absolute atomic E-state index is 13.9. The van der Waals surface area contributed by atoms with E-state index in [9.17, 15) is 24.3 Å². The highest BCUT2D eigenvalue weighted by atomic mass is 16.5. The number of rotatable bonds is 17. The first-order chi connectivity index (χ1) is 27.1. The molecule has 2 aliphatic heterocycles.